The summed E-state index contributed by atoms with van der Waals surface area (Å²) in [5.74, 6) is -0.770. The molecule has 0 saturated heterocycles. The van der Waals surface area contributed by atoms with E-state index in [1.54, 1.807) is 19.1 Å². The Bertz CT molecular complexity index is 726. The number of carbonyl (C=O) groups excluding carboxylic acids is 1. The average molecular weight is 300 g/mol. The lowest BCUT2D eigenvalue weighted by atomic mass is 10.1. The van der Waals surface area contributed by atoms with Crippen LogP contribution in [-0.2, 0) is 0 Å². The lowest BCUT2D eigenvalue weighted by Gasteiger charge is -2.08. The molecule has 2 aromatic carbocycles. The van der Waals surface area contributed by atoms with Gasteiger partial charge < -0.3 is 15.3 Å². The van der Waals surface area contributed by atoms with E-state index >= 15 is 0 Å². The Balaban J connectivity index is 2.25. The first-order chi connectivity index (χ1) is 10.5. The number of phenolic OH excluding ortho intramolecular Hbond substituents is 3. The fraction of sp³-hybridized carbons (Fsp3) is 0.125. The highest BCUT2D eigenvalue weighted by Gasteiger charge is 2.12. The van der Waals surface area contributed by atoms with Crippen molar-refractivity contribution in [1.82, 2.24) is 5.43 Å². The minimum absolute atomic E-state index is 0.0130. The second-order valence-electron chi connectivity index (χ2n) is 4.57. The Morgan fingerprint density at radius 3 is 2.41 bits per heavy atom. The van der Waals surface area contributed by atoms with Gasteiger partial charge in [-0.15, -0.1) is 0 Å². The summed E-state index contributed by atoms with van der Waals surface area (Å²) in [5, 5.41) is 32.9. The third-order valence-electron chi connectivity index (χ3n) is 3.07. The zero-order chi connectivity index (χ0) is 16.1. The second-order valence-corrected chi connectivity index (χ2v) is 4.57. The summed E-state index contributed by atoms with van der Waals surface area (Å²) in [5.41, 5.74) is 3.16. The van der Waals surface area contributed by atoms with Crippen LogP contribution in [-0.4, -0.2) is 26.9 Å². The van der Waals surface area contributed by atoms with Crippen molar-refractivity contribution in [2.75, 3.05) is 0 Å². The molecular formula is C16H16N2O4. The highest BCUT2D eigenvalue weighted by molar-refractivity contribution is 6.04. The quantitative estimate of drug-likeness (QED) is 0.395. The molecule has 0 heterocycles. The zero-order valence-electron chi connectivity index (χ0n) is 11.9. The lowest BCUT2D eigenvalue weighted by molar-refractivity contribution is 0.0952. The molecule has 0 bridgehead atoms. The number of aromatic hydroxyl groups is 3. The first-order valence-electron chi connectivity index (χ1n) is 6.70. The van der Waals surface area contributed by atoms with Crippen LogP contribution in [0.15, 0.2) is 47.6 Å². The van der Waals surface area contributed by atoms with Gasteiger partial charge in [-0.3, -0.25) is 4.79 Å². The summed E-state index contributed by atoms with van der Waals surface area (Å²) in [7, 11) is 0. The van der Waals surface area contributed by atoms with Crippen LogP contribution in [0.4, 0.5) is 0 Å². The van der Waals surface area contributed by atoms with Crippen molar-refractivity contribution >= 4 is 11.6 Å². The number of hydrazone groups is 1. The van der Waals surface area contributed by atoms with Gasteiger partial charge in [0, 0.05) is 5.56 Å². The van der Waals surface area contributed by atoms with Crippen LogP contribution in [0, 0.1) is 0 Å². The molecule has 0 fully saturated rings. The molecular weight excluding hydrogens is 284 g/mol. The molecule has 4 N–H and O–H groups in total. The van der Waals surface area contributed by atoms with Crippen molar-refractivity contribution in [3.63, 3.8) is 0 Å². The molecule has 0 spiro atoms. The average Bonchev–Trinajstić information content (AvgIpc) is 2.51. The zero-order valence-corrected chi connectivity index (χ0v) is 11.9. The van der Waals surface area contributed by atoms with Gasteiger partial charge in [-0.25, -0.2) is 5.43 Å². The summed E-state index contributed by atoms with van der Waals surface area (Å²) in [4.78, 5) is 12.0. The summed E-state index contributed by atoms with van der Waals surface area (Å²) in [6, 6.07) is 10.2. The minimum Gasteiger partial charge on any atom is -0.508 e. The van der Waals surface area contributed by atoms with Crippen molar-refractivity contribution in [3.8, 4) is 17.2 Å². The SMILES string of the molecule is CC/C(=N/NC(=O)c1ccccc1O)c1cc(O)ccc1O. The number of hydrogen-bond acceptors (Lipinski definition) is 5. The Morgan fingerprint density at radius 2 is 1.73 bits per heavy atom. The third-order valence-corrected chi connectivity index (χ3v) is 3.07. The minimum atomic E-state index is -0.566. The number of nitrogens with one attached hydrogen (secondary N) is 1. The van der Waals surface area contributed by atoms with Crippen LogP contribution >= 0.6 is 0 Å². The van der Waals surface area contributed by atoms with Gasteiger partial charge in [-0.1, -0.05) is 19.1 Å². The van der Waals surface area contributed by atoms with Crippen molar-refractivity contribution in [2.24, 2.45) is 5.10 Å². The van der Waals surface area contributed by atoms with E-state index in [-0.39, 0.29) is 22.8 Å². The molecule has 2 aromatic rings. The van der Waals surface area contributed by atoms with Crippen LogP contribution in [0.5, 0.6) is 17.2 Å². The highest BCUT2D eigenvalue weighted by atomic mass is 16.3. The van der Waals surface area contributed by atoms with Crippen LogP contribution in [0.25, 0.3) is 0 Å². The topological polar surface area (TPSA) is 102 Å². The maximum absolute atomic E-state index is 12.0. The van der Waals surface area contributed by atoms with Gasteiger partial charge >= 0.3 is 0 Å². The van der Waals surface area contributed by atoms with Crippen LogP contribution < -0.4 is 5.43 Å². The van der Waals surface area contributed by atoms with E-state index in [0.29, 0.717) is 17.7 Å². The highest BCUT2D eigenvalue weighted by Crippen LogP contribution is 2.23. The number of amides is 1. The van der Waals surface area contributed by atoms with E-state index in [4.69, 9.17) is 0 Å². The first kappa shape index (κ1) is 15.4. The van der Waals surface area contributed by atoms with Gasteiger partial charge in [-0.05, 0) is 36.8 Å². The molecule has 0 radical (unpaired) electrons. The van der Waals surface area contributed by atoms with Crippen molar-refractivity contribution in [3.05, 3.63) is 53.6 Å². The predicted molar refractivity (Wildman–Crippen MR) is 82.2 cm³/mol. The van der Waals surface area contributed by atoms with E-state index in [1.165, 1.54) is 30.3 Å². The fourth-order valence-electron chi connectivity index (χ4n) is 1.93. The van der Waals surface area contributed by atoms with Gasteiger partial charge in [-0.2, -0.15) is 5.10 Å². The third kappa shape index (κ3) is 3.35. The number of benzene rings is 2. The second kappa shape index (κ2) is 6.62. The van der Waals surface area contributed by atoms with Gasteiger partial charge in [0.05, 0.1) is 11.3 Å². The van der Waals surface area contributed by atoms with Gasteiger partial charge in [0.25, 0.3) is 5.91 Å². The molecule has 0 saturated carbocycles. The first-order valence-corrected chi connectivity index (χ1v) is 6.70. The molecule has 1 amide bonds. The van der Waals surface area contributed by atoms with Crippen molar-refractivity contribution in [2.45, 2.75) is 13.3 Å². The van der Waals surface area contributed by atoms with E-state index in [9.17, 15) is 20.1 Å². The van der Waals surface area contributed by atoms with Gasteiger partial charge in [0.2, 0.25) is 0 Å². The summed E-state index contributed by atoms with van der Waals surface area (Å²) >= 11 is 0. The van der Waals surface area contributed by atoms with E-state index < -0.39 is 5.91 Å². The summed E-state index contributed by atoms with van der Waals surface area (Å²) < 4.78 is 0. The molecule has 0 aliphatic rings. The van der Waals surface area contributed by atoms with Crippen LogP contribution in [0.1, 0.15) is 29.3 Å². The number of carbonyl (C=O) groups is 1. The number of para-hydroxylation sites is 1. The number of phenols is 3. The number of hydrogen-bond donors (Lipinski definition) is 4. The molecule has 22 heavy (non-hydrogen) atoms. The molecule has 0 aliphatic carbocycles. The summed E-state index contributed by atoms with van der Waals surface area (Å²) in [6.45, 7) is 1.80. The molecule has 0 aromatic heterocycles. The van der Waals surface area contributed by atoms with Crippen molar-refractivity contribution in [1.29, 1.82) is 0 Å². The maximum Gasteiger partial charge on any atom is 0.275 e. The number of rotatable bonds is 4. The van der Waals surface area contributed by atoms with Crippen LogP contribution in [0.2, 0.25) is 0 Å². The maximum atomic E-state index is 12.0. The van der Waals surface area contributed by atoms with E-state index in [0.717, 1.165) is 0 Å². The molecule has 0 atom stereocenters. The van der Waals surface area contributed by atoms with E-state index in [1.807, 2.05) is 0 Å². The monoisotopic (exact) mass is 300 g/mol. The molecule has 2 rings (SSSR count). The molecule has 114 valence electrons. The lowest BCUT2D eigenvalue weighted by Crippen LogP contribution is -2.20. The predicted octanol–water partition coefficient (Wildman–Crippen LogP) is 2.35. The Kier molecular flexibility index (Phi) is 4.63. The Morgan fingerprint density at radius 1 is 1.05 bits per heavy atom. The smallest absolute Gasteiger partial charge is 0.275 e. The van der Waals surface area contributed by atoms with E-state index in [2.05, 4.69) is 10.5 Å². The normalized spacial score (nSPS) is 11.2. The largest absolute Gasteiger partial charge is 0.508 e. The molecule has 0 aliphatic heterocycles. The standard InChI is InChI=1S/C16H16N2O4/c1-2-13(12-9-10(19)7-8-15(12)21)17-18-16(22)11-5-3-4-6-14(11)20/h3-9,19-21H,2H2,1H3,(H,18,22)/b17-13-. The molecule has 6 nitrogen and oxygen atoms in total. The van der Waals surface area contributed by atoms with Gasteiger partial charge in [0.1, 0.15) is 17.2 Å². The molecule has 0 unspecified atom stereocenters. The Labute approximate surface area is 127 Å². The van der Waals surface area contributed by atoms with Crippen LogP contribution in [0.3, 0.4) is 0 Å². The fourth-order valence-corrected chi connectivity index (χ4v) is 1.93. The Hall–Kier alpha value is -3.02. The summed E-state index contributed by atoms with van der Waals surface area (Å²) in [6.07, 6.45) is 0.429. The van der Waals surface area contributed by atoms with Crippen molar-refractivity contribution < 1.29 is 20.1 Å². The number of nitrogens with zero attached hydrogens (tertiary/aromatic N) is 1. The van der Waals surface area contributed by atoms with Gasteiger partial charge in [0.15, 0.2) is 0 Å². The molecule has 6 heteroatoms.